The normalized spacial score (nSPS) is 19.6. The van der Waals surface area contributed by atoms with Gasteiger partial charge in [-0.3, -0.25) is 62.3 Å². The number of nitrogens with one attached hydrogen (secondary N) is 10. The first-order valence-electron chi connectivity index (χ1n) is 30.8. The molecule has 0 aromatic carbocycles. The molecule has 3 saturated heterocycles. The zero-order valence-electron chi connectivity index (χ0n) is 52.6. The maximum Gasteiger partial charge on any atom is 0.326 e. The highest BCUT2D eigenvalue weighted by Crippen LogP contribution is 2.25. The van der Waals surface area contributed by atoms with E-state index in [1.165, 1.54) is 23.6 Å². The number of carboxylic acids is 2. The van der Waals surface area contributed by atoms with Gasteiger partial charge in [-0.1, -0.05) is 55.4 Å². The molecule has 0 bridgehead atoms. The number of nitrogens with two attached hydrogens (primary N) is 2. The molecule has 0 aliphatic carbocycles. The number of unbranched alkanes of at least 4 members (excludes halogenated alkanes) is 1. The minimum atomic E-state index is -1.90. The number of carbonyl (C=O) groups excluding carboxylic acids is 12. The highest BCUT2D eigenvalue weighted by molar-refractivity contribution is 6.00. The van der Waals surface area contributed by atoms with E-state index in [-0.39, 0.29) is 75.9 Å². The zero-order valence-corrected chi connectivity index (χ0v) is 52.6. The van der Waals surface area contributed by atoms with Crippen molar-refractivity contribution >= 4 is 82.8 Å². The average Bonchev–Trinajstić information content (AvgIpc) is 4.12. The molecule has 0 unspecified atom stereocenters. The summed E-state index contributed by atoms with van der Waals surface area (Å²) in [5, 5.41) is 45.2. The summed E-state index contributed by atoms with van der Waals surface area (Å²) in [6.45, 7) is 18.2. The second kappa shape index (κ2) is 36.1. The molecule has 3 fully saturated rings. The second-order valence-corrected chi connectivity index (χ2v) is 24.7. The standard InChI is InChI=1S/C58H98N14O16/c1-29(2)26-38(52(81)69-45(31(5)6)55(84)65-36(16-11-12-22-59)50(79)64-37(20-21-43(60)73)51(80)68-40(58(87)88)28-44(74)75)66-53(82)41-18-15-25-72(41)57(86)46(32(7)8)70-54(83)42-19-14-24-71(42)56(85)39(27-30(3)4)67-48(77)34(10)62-47(76)33(9)63-49(78)35-17-13-23-61-35/h29-42,45-46,61H,11-28,59H2,1-10H3,(H2,60,73)(H,62,76)(H,63,78)(H,64,79)(H,65,84)(H,66,82)(H,67,77)(H,68,80)(H,69,81)(H,70,83)(H,74,75)(H,87,88)/t33-,34-,35-,36-,37-,38-,39-,40-,41-,42-,45-,46-/m0/s1. The van der Waals surface area contributed by atoms with Crippen LogP contribution in [-0.2, 0) is 67.1 Å². The van der Waals surface area contributed by atoms with Gasteiger partial charge in [0.25, 0.3) is 0 Å². The lowest BCUT2D eigenvalue weighted by atomic mass is 9.98. The minimum absolute atomic E-state index is 0.0371. The van der Waals surface area contributed by atoms with Crippen LogP contribution in [0.15, 0.2) is 0 Å². The number of aliphatic carboxylic acids is 2. The van der Waals surface area contributed by atoms with Crippen LogP contribution in [0.2, 0.25) is 0 Å². The van der Waals surface area contributed by atoms with Crippen LogP contribution in [0.1, 0.15) is 159 Å². The molecule has 88 heavy (non-hydrogen) atoms. The smallest absolute Gasteiger partial charge is 0.326 e. The van der Waals surface area contributed by atoms with Gasteiger partial charge in [-0.05, 0) is 128 Å². The summed E-state index contributed by atoms with van der Waals surface area (Å²) in [7, 11) is 0. The maximum absolute atomic E-state index is 14.6. The van der Waals surface area contributed by atoms with Gasteiger partial charge in [0.15, 0.2) is 0 Å². The number of hydrogen-bond donors (Lipinski definition) is 14. The van der Waals surface area contributed by atoms with E-state index in [1.807, 2.05) is 19.2 Å². The largest absolute Gasteiger partial charge is 0.481 e. The van der Waals surface area contributed by atoms with Gasteiger partial charge in [-0.15, -0.1) is 0 Å². The molecular formula is C58H98N14O16. The molecular weight excluding hydrogens is 1150 g/mol. The lowest BCUT2D eigenvalue weighted by Gasteiger charge is -2.34. The molecule has 30 nitrogen and oxygen atoms in total. The van der Waals surface area contributed by atoms with Crippen molar-refractivity contribution in [2.75, 3.05) is 26.2 Å². The summed E-state index contributed by atoms with van der Waals surface area (Å²) in [4.78, 5) is 190. The predicted molar refractivity (Wildman–Crippen MR) is 319 cm³/mol. The molecule has 3 heterocycles. The van der Waals surface area contributed by atoms with Gasteiger partial charge in [0.05, 0.1) is 12.5 Å². The van der Waals surface area contributed by atoms with Crippen molar-refractivity contribution in [1.82, 2.24) is 63.0 Å². The van der Waals surface area contributed by atoms with Crippen molar-refractivity contribution in [3.05, 3.63) is 0 Å². The van der Waals surface area contributed by atoms with E-state index >= 15 is 0 Å². The van der Waals surface area contributed by atoms with Crippen molar-refractivity contribution in [3.63, 3.8) is 0 Å². The first-order chi connectivity index (χ1) is 41.3. The summed E-state index contributed by atoms with van der Waals surface area (Å²) in [6.07, 6.45) is 1.80. The SMILES string of the molecule is CC(C)C[C@H](NC(=O)[C@@H]1CCCN1C(=O)[C@@H](NC(=O)[C@@H]1CCCN1C(=O)[C@H](CC(C)C)NC(=O)[C@H](C)NC(=O)[C@H](C)NC(=O)[C@@H]1CCCN1)C(C)C)C(=O)N[C@H](C(=O)N[C@@H](CCCCN)C(=O)N[C@@H](CCC(N)=O)C(=O)N[C@@H](CC(=O)O)C(=O)O)C(C)C. The first-order valence-corrected chi connectivity index (χ1v) is 30.8. The molecule has 12 atom stereocenters. The number of hydrogen-bond acceptors (Lipinski definition) is 16. The van der Waals surface area contributed by atoms with Gasteiger partial charge >= 0.3 is 11.9 Å². The first kappa shape index (κ1) is 74.8. The number of carbonyl (C=O) groups is 14. The van der Waals surface area contributed by atoms with Crippen LogP contribution in [0.4, 0.5) is 0 Å². The Morgan fingerprint density at radius 3 is 1.49 bits per heavy atom. The Balaban J connectivity index is 1.77. The summed E-state index contributed by atoms with van der Waals surface area (Å²) >= 11 is 0. The van der Waals surface area contributed by atoms with E-state index in [0.717, 1.165) is 6.42 Å². The molecule has 3 aliphatic rings. The number of primary amides is 1. The Morgan fingerprint density at radius 1 is 0.489 bits per heavy atom. The Bertz CT molecular complexity index is 2490. The molecule has 3 aliphatic heterocycles. The molecule has 12 amide bonds. The van der Waals surface area contributed by atoms with Gasteiger partial charge in [0.1, 0.15) is 66.5 Å². The molecule has 0 radical (unpaired) electrons. The van der Waals surface area contributed by atoms with Crippen LogP contribution in [0.25, 0.3) is 0 Å². The number of amides is 12. The van der Waals surface area contributed by atoms with Crippen molar-refractivity contribution in [2.24, 2.45) is 35.1 Å². The van der Waals surface area contributed by atoms with Gasteiger partial charge in [0.2, 0.25) is 70.9 Å². The highest BCUT2D eigenvalue weighted by atomic mass is 16.4. The lowest BCUT2D eigenvalue weighted by Crippen LogP contribution is -2.61. The van der Waals surface area contributed by atoms with Crippen molar-refractivity contribution in [2.45, 2.75) is 232 Å². The Hall–Kier alpha value is -7.50. The van der Waals surface area contributed by atoms with E-state index in [2.05, 4.69) is 47.9 Å². The minimum Gasteiger partial charge on any atom is -0.481 e. The van der Waals surface area contributed by atoms with Crippen LogP contribution in [0, 0.1) is 23.7 Å². The summed E-state index contributed by atoms with van der Waals surface area (Å²) < 4.78 is 0. The van der Waals surface area contributed by atoms with Gasteiger partial charge in [-0.25, -0.2) is 4.79 Å². The van der Waals surface area contributed by atoms with Crippen LogP contribution >= 0.6 is 0 Å². The number of rotatable bonds is 36. The number of likely N-dealkylation sites (tertiary alicyclic amines) is 2. The fourth-order valence-corrected chi connectivity index (χ4v) is 10.7. The third kappa shape index (κ3) is 23.5. The van der Waals surface area contributed by atoms with Gasteiger partial charge < -0.3 is 84.6 Å². The van der Waals surface area contributed by atoms with Crippen LogP contribution in [-0.4, -0.2) is 202 Å². The van der Waals surface area contributed by atoms with Gasteiger partial charge in [0, 0.05) is 19.5 Å². The van der Waals surface area contributed by atoms with Gasteiger partial charge in [-0.2, -0.15) is 0 Å². The molecule has 16 N–H and O–H groups in total. The summed E-state index contributed by atoms with van der Waals surface area (Å²) in [5.74, 6) is -13.2. The number of nitrogens with zero attached hydrogens (tertiary/aromatic N) is 2. The summed E-state index contributed by atoms with van der Waals surface area (Å²) in [6, 6.07) is -14.3. The Morgan fingerprint density at radius 2 is 0.977 bits per heavy atom. The molecule has 496 valence electrons. The lowest BCUT2D eigenvalue weighted by molar-refractivity contribution is -0.147. The average molecular weight is 1250 g/mol. The van der Waals surface area contributed by atoms with Crippen molar-refractivity contribution in [3.8, 4) is 0 Å². The fraction of sp³-hybridized carbons (Fsp3) is 0.759. The Labute approximate surface area is 514 Å². The van der Waals surface area contributed by atoms with Crippen molar-refractivity contribution < 1.29 is 77.3 Å². The third-order valence-electron chi connectivity index (χ3n) is 15.6. The molecule has 0 saturated carbocycles. The summed E-state index contributed by atoms with van der Waals surface area (Å²) in [5.41, 5.74) is 11.0. The number of carboxylic acid groups (broad SMARTS) is 2. The van der Waals surface area contributed by atoms with Crippen molar-refractivity contribution in [1.29, 1.82) is 0 Å². The molecule has 0 aromatic rings. The van der Waals surface area contributed by atoms with E-state index in [9.17, 15) is 77.3 Å². The van der Waals surface area contributed by atoms with E-state index in [4.69, 9.17) is 11.5 Å². The topological polar surface area (TPSA) is 458 Å². The molecule has 0 aromatic heterocycles. The van der Waals surface area contributed by atoms with E-state index in [1.54, 1.807) is 41.5 Å². The van der Waals surface area contributed by atoms with Crippen LogP contribution in [0.5, 0.6) is 0 Å². The zero-order chi connectivity index (χ0) is 66.3. The van der Waals surface area contributed by atoms with E-state index in [0.29, 0.717) is 32.2 Å². The predicted octanol–water partition coefficient (Wildman–Crippen LogP) is -2.52. The van der Waals surface area contributed by atoms with Crippen LogP contribution < -0.4 is 64.6 Å². The maximum atomic E-state index is 14.6. The molecule has 30 heteroatoms. The third-order valence-corrected chi connectivity index (χ3v) is 15.6. The van der Waals surface area contributed by atoms with Crippen LogP contribution in [0.3, 0.4) is 0 Å². The van der Waals surface area contributed by atoms with E-state index < -0.39 is 181 Å². The second-order valence-electron chi connectivity index (χ2n) is 24.7. The Kier molecular flexibility index (Phi) is 30.7. The highest BCUT2D eigenvalue weighted by Gasteiger charge is 2.44. The molecule has 0 spiro atoms. The fourth-order valence-electron chi connectivity index (χ4n) is 10.7. The molecule has 3 rings (SSSR count). The monoisotopic (exact) mass is 1250 g/mol. The quantitative estimate of drug-likeness (QED) is 0.0288.